The van der Waals surface area contributed by atoms with Crippen LogP contribution < -0.4 is 17.0 Å². The zero-order valence-corrected chi connectivity index (χ0v) is 16.2. The predicted molar refractivity (Wildman–Crippen MR) is 106 cm³/mol. The number of nitrogens with zero attached hydrogens (tertiary/aromatic N) is 3. The third-order valence-electron chi connectivity index (χ3n) is 4.71. The van der Waals surface area contributed by atoms with E-state index in [1.165, 1.54) is 42.0 Å². The first-order valence-electron chi connectivity index (χ1n) is 8.47. The molecule has 0 fully saturated rings. The molecule has 27 heavy (non-hydrogen) atoms. The molecule has 3 N–H and O–H groups in total. The molecule has 0 spiro atoms. The van der Waals surface area contributed by atoms with Crippen molar-refractivity contribution in [1.29, 1.82) is 0 Å². The Balaban J connectivity index is 1.66. The van der Waals surface area contributed by atoms with E-state index in [0.29, 0.717) is 0 Å². The number of nitrogen functional groups attached to an aromatic ring is 1. The van der Waals surface area contributed by atoms with Crippen molar-refractivity contribution in [1.82, 2.24) is 19.5 Å². The number of ketones is 1. The van der Waals surface area contributed by atoms with Crippen molar-refractivity contribution < 1.29 is 4.79 Å². The Hall–Kier alpha value is -2.46. The fraction of sp³-hybridized carbons (Fsp3) is 0.353. The molecule has 8 nitrogen and oxygen atoms in total. The van der Waals surface area contributed by atoms with E-state index in [0.717, 1.165) is 39.1 Å². The molecular formula is C17H17N5O3S2. The molecule has 0 saturated heterocycles. The van der Waals surface area contributed by atoms with Crippen molar-refractivity contribution >= 4 is 44.9 Å². The van der Waals surface area contributed by atoms with Crippen molar-refractivity contribution in [3.05, 3.63) is 43.2 Å². The van der Waals surface area contributed by atoms with Gasteiger partial charge in [0.1, 0.15) is 27.6 Å². The maximum Gasteiger partial charge on any atom is 0.329 e. The van der Waals surface area contributed by atoms with Crippen molar-refractivity contribution in [2.45, 2.75) is 30.7 Å². The van der Waals surface area contributed by atoms with Crippen LogP contribution in [0, 0.1) is 0 Å². The van der Waals surface area contributed by atoms with Gasteiger partial charge < -0.3 is 5.73 Å². The van der Waals surface area contributed by atoms with Crippen LogP contribution in [0.2, 0.25) is 0 Å². The lowest BCUT2D eigenvalue weighted by Gasteiger charge is -2.11. The number of aromatic amines is 1. The maximum atomic E-state index is 12.6. The third kappa shape index (κ3) is 3.08. The van der Waals surface area contributed by atoms with Gasteiger partial charge in [0.15, 0.2) is 5.78 Å². The number of carbonyl (C=O) groups excluding carboxylic acids is 1. The van der Waals surface area contributed by atoms with Gasteiger partial charge in [0, 0.05) is 17.3 Å². The second-order valence-electron chi connectivity index (χ2n) is 6.36. The highest BCUT2D eigenvalue weighted by Crippen LogP contribution is 2.39. The third-order valence-corrected chi connectivity index (χ3v) is 6.89. The number of thioether (sulfide) groups is 1. The van der Waals surface area contributed by atoms with Crippen LogP contribution in [0.15, 0.2) is 20.9 Å². The smallest absolute Gasteiger partial charge is 0.329 e. The van der Waals surface area contributed by atoms with Gasteiger partial charge in [-0.15, -0.1) is 11.3 Å². The first-order chi connectivity index (χ1) is 13.0. The number of aryl methyl sites for hydroxylation is 2. The fourth-order valence-electron chi connectivity index (χ4n) is 3.28. The van der Waals surface area contributed by atoms with Crippen molar-refractivity contribution in [2.75, 3.05) is 11.5 Å². The lowest BCUT2D eigenvalue weighted by molar-refractivity contribution is 0.102. The molecule has 0 amide bonds. The van der Waals surface area contributed by atoms with E-state index in [-0.39, 0.29) is 17.1 Å². The zero-order chi connectivity index (χ0) is 19.1. The Morgan fingerprint density at radius 1 is 1.33 bits per heavy atom. The van der Waals surface area contributed by atoms with Crippen molar-refractivity contribution in [3.63, 3.8) is 0 Å². The molecule has 0 aromatic carbocycles. The molecule has 3 aromatic rings. The Kier molecular flexibility index (Phi) is 4.60. The normalized spacial score (nSPS) is 13.7. The average molecular weight is 403 g/mol. The topological polar surface area (TPSA) is 124 Å². The summed E-state index contributed by atoms with van der Waals surface area (Å²) in [5.74, 6) is -0.567. The van der Waals surface area contributed by atoms with Gasteiger partial charge in [-0.3, -0.25) is 19.1 Å². The van der Waals surface area contributed by atoms with Gasteiger partial charge in [0.2, 0.25) is 0 Å². The molecule has 0 aliphatic heterocycles. The summed E-state index contributed by atoms with van der Waals surface area (Å²) < 4.78 is 1.05. The average Bonchev–Trinajstić information content (AvgIpc) is 3.03. The Morgan fingerprint density at radius 3 is 2.93 bits per heavy atom. The van der Waals surface area contributed by atoms with Crippen LogP contribution >= 0.6 is 23.1 Å². The minimum absolute atomic E-state index is 0.00220. The van der Waals surface area contributed by atoms with Gasteiger partial charge in [-0.05, 0) is 31.2 Å². The van der Waals surface area contributed by atoms with Gasteiger partial charge in [-0.1, -0.05) is 11.8 Å². The molecule has 140 valence electrons. The van der Waals surface area contributed by atoms with Crippen LogP contribution in [-0.2, 0) is 19.9 Å². The maximum absolute atomic E-state index is 12.6. The van der Waals surface area contributed by atoms with E-state index in [4.69, 9.17) is 5.73 Å². The fourth-order valence-corrected chi connectivity index (χ4v) is 5.47. The number of Topliss-reactive ketones (excluding diaryl/α,β-unsaturated/α-hetero) is 1. The first kappa shape index (κ1) is 17.9. The molecule has 0 radical (unpaired) electrons. The van der Waals surface area contributed by atoms with E-state index in [2.05, 4.69) is 15.0 Å². The molecule has 0 unspecified atom stereocenters. The quantitative estimate of drug-likeness (QED) is 0.384. The minimum atomic E-state index is -0.762. The summed E-state index contributed by atoms with van der Waals surface area (Å²) in [5.41, 5.74) is 5.49. The molecule has 0 atom stereocenters. The van der Waals surface area contributed by atoms with E-state index < -0.39 is 17.0 Å². The summed E-state index contributed by atoms with van der Waals surface area (Å²) >= 11 is 2.96. The number of thiophene rings is 1. The van der Waals surface area contributed by atoms with Gasteiger partial charge in [0.25, 0.3) is 5.56 Å². The summed E-state index contributed by atoms with van der Waals surface area (Å²) in [5, 5.41) is 1.77. The first-order valence-corrected chi connectivity index (χ1v) is 10.3. The predicted octanol–water partition coefficient (Wildman–Crippen LogP) is 1.51. The molecule has 4 rings (SSSR count). The Labute approximate surface area is 161 Å². The largest absolute Gasteiger partial charge is 0.384 e. The molecule has 3 heterocycles. The summed E-state index contributed by atoms with van der Waals surface area (Å²) in [6, 6.07) is 0. The zero-order valence-electron chi connectivity index (χ0n) is 14.6. The summed E-state index contributed by atoms with van der Waals surface area (Å²) in [6.45, 7) is 0. The number of hydrogen-bond acceptors (Lipinski definition) is 8. The number of hydrogen-bond donors (Lipinski definition) is 2. The highest BCUT2D eigenvalue weighted by atomic mass is 32.2. The van der Waals surface area contributed by atoms with Crippen LogP contribution in [0.4, 0.5) is 5.82 Å². The molecule has 1 aliphatic rings. The van der Waals surface area contributed by atoms with Crippen LogP contribution in [0.5, 0.6) is 0 Å². The van der Waals surface area contributed by atoms with E-state index in [1.54, 1.807) is 11.3 Å². The lowest BCUT2D eigenvalue weighted by Crippen LogP contribution is -2.35. The van der Waals surface area contributed by atoms with Crippen LogP contribution in [-0.4, -0.2) is 31.1 Å². The van der Waals surface area contributed by atoms with Crippen molar-refractivity contribution in [3.8, 4) is 0 Å². The van der Waals surface area contributed by atoms with Gasteiger partial charge in [0.05, 0.1) is 5.75 Å². The lowest BCUT2D eigenvalue weighted by atomic mass is 9.97. The van der Waals surface area contributed by atoms with E-state index in [9.17, 15) is 14.4 Å². The molecule has 10 heteroatoms. The minimum Gasteiger partial charge on any atom is -0.384 e. The Bertz CT molecular complexity index is 1180. The number of H-pyrrole nitrogens is 1. The number of nitrogens with one attached hydrogen (secondary N) is 1. The van der Waals surface area contributed by atoms with E-state index >= 15 is 0 Å². The molecule has 3 aromatic heterocycles. The number of aromatic nitrogens is 4. The van der Waals surface area contributed by atoms with Crippen LogP contribution in [0.1, 0.15) is 33.6 Å². The summed E-state index contributed by atoms with van der Waals surface area (Å²) in [6.07, 6.45) is 5.88. The van der Waals surface area contributed by atoms with Gasteiger partial charge in [-0.25, -0.2) is 14.8 Å². The highest BCUT2D eigenvalue weighted by Gasteiger charge is 2.22. The second-order valence-corrected chi connectivity index (χ2v) is 8.41. The van der Waals surface area contributed by atoms with Gasteiger partial charge in [-0.2, -0.15) is 0 Å². The van der Waals surface area contributed by atoms with E-state index in [1.807, 2.05) is 0 Å². The SMILES string of the molecule is Cn1c(N)c(C(=O)CSc2ncnc3sc4c(c23)CCCC4)c(=O)[nH]c1=O. The number of fused-ring (bicyclic) bond motifs is 3. The number of rotatable bonds is 4. The molecule has 0 bridgehead atoms. The second kappa shape index (κ2) is 6.93. The highest BCUT2D eigenvalue weighted by molar-refractivity contribution is 8.00. The molecule has 0 saturated carbocycles. The van der Waals surface area contributed by atoms with Gasteiger partial charge >= 0.3 is 5.69 Å². The molecular weight excluding hydrogens is 386 g/mol. The van der Waals surface area contributed by atoms with Crippen molar-refractivity contribution in [2.24, 2.45) is 7.05 Å². The Morgan fingerprint density at radius 2 is 2.11 bits per heavy atom. The number of anilines is 1. The monoisotopic (exact) mass is 403 g/mol. The molecule has 1 aliphatic carbocycles. The van der Waals surface area contributed by atoms with Crippen LogP contribution in [0.25, 0.3) is 10.2 Å². The summed E-state index contributed by atoms with van der Waals surface area (Å²) in [7, 11) is 1.41. The number of carbonyl (C=O) groups is 1. The summed E-state index contributed by atoms with van der Waals surface area (Å²) in [4.78, 5) is 49.3. The number of nitrogens with two attached hydrogens (primary N) is 1. The van der Waals surface area contributed by atoms with Crippen LogP contribution in [0.3, 0.4) is 0 Å². The standard InChI is InChI=1S/C17H17N5O3S2/c1-22-13(18)12(14(24)21-17(22)25)9(23)6-26-15-11-8-4-2-3-5-10(8)27-16(11)20-7-19-15/h7H,2-6,18H2,1H3,(H,21,24,25).